The molecule has 1 aromatic heterocycles. The molecule has 2 rings (SSSR count). The van der Waals surface area contributed by atoms with E-state index >= 15 is 0 Å². The number of rotatable bonds is 8. The zero-order valence-electron chi connectivity index (χ0n) is 14.3. The Morgan fingerprint density at radius 3 is 2.96 bits per heavy atom. The third-order valence-electron chi connectivity index (χ3n) is 3.41. The molecule has 2 heterocycles. The van der Waals surface area contributed by atoms with Gasteiger partial charge in [-0.2, -0.15) is 4.98 Å². The Labute approximate surface area is 161 Å². The number of phosphoric ester groups is 1. The molecular weight excluding hydrogens is 437 g/mol. The van der Waals surface area contributed by atoms with Crippen molar-refractivity contribution in [2.45, 2.75) is 25.2 Å². The van der Waals surface area contributed by atoms with Crippen molar-refractivity contribution < 1.29 is 36.8 Å². The van der Waals surface area contributed by atoms with Gasteiger partial charge in [0.1, 0.15) is 12.0 Å². The van der Waals surface area contributed by atoms with E-state index < -0.39 is 43.1 Å². The molecule has 28 heavy (non-hydrogen) atoms. The van der Waals surface area contributed by atoms with Gasteiger partial charge in [-0.1, -0.05) is 11.8 Å². The number of nitrogens with zero attached hydrogens (tertiary/aromatic N) is 2. The van der Waals surface area contributed by atoms with E-state index in [0.717, 1.165) is 0 Å². The molecule has 0 spiro atoms. The van der Waals surface area contributed by atoms with Crippen LogP contribution in [0.4, 0.5) is 5.82 Å². The molecule has 4 unspecified atom stereocenters. The lowest BCUT2D eigenvalue weighted by Gasteiger charge is -2.17. The van der Waals surface area contributed by atoms with E-state index in [9.17, 15) is 18.8 Å². The van der Waals surface area contributed by atoms with E-state index in [4.69, 9.17) is 25.6 Å². The predicted octanol–water partition coefficient (Wildman–Crippen LogP) is -0.146. The van der Waals surface area contributed by atoms with Crippen LogP contribution in [0.25, 0.3) is 0 Å². The number of phosphoric acid groups is 1. The van der Waals surface area contributed by atoms with Crippen molar-refractivity contribution >= 4 is 30.9 Å². The van der Waals surface area contributed by atoms with Gasteiger partial charge in [0.05, 0.1) is 24.8 Å². The molecular formula is C12H19N4O9P3. The molecule has 0 bridgehead atoms. The Kier molecular flexibility index (Phi) is 8.74. The fourth-order valence-corrected chi connectivity index (χ4v) is 3.96. The molecule has 0 saturated carbocycles. The average molecular weight is 456 g/mol. The Morgan fingerprint density at radius 2 is 2.29 bits per heavy atom. The highest BCUT2D eigenvalue weighted by atomic mass is 31.2. The fraction of sp³-hybridized carbons (Fsp3) is 0.500. The summed E-state index contributed by atoms with van der Waals surface area (Å²) in [7, 11) is -8.89. The molecule has 1 fully saturated rings. The van der Waals surface area contributed by atoms with E-state index in [1.165, 1.54) is 10.8 Å². The van der Waals surface area contributed by atoms with E-state index in [1.54, 1.807) is 0 Å². The highest BCUT2D eigenvalue weighted by molar-refractivity contribution is 7.56. The first-order chi connectivity index (χ1) is 13.2. The Balaban J connectivity index is 1.96. The second-order valence-electron chi connectivity index (χ2n) is 5.33. The van der Waals surface area contributed by atoms with Crippen LogP contribution < -0.4 is 17.2 Å². The summed E-state index contributed by atoms with van der Waals surface area (Å²) in [5.74, 6) is 5.31. The molecule has 16 heteroatoms. The maximum atomic E-state index is 12.1. The van der Waals surface area contributed by atoms with Crippen molar-refractivity contribution in [1.82, 2.24) is 9.55 Å². The monoisotopic (exact) mass is 456 g/mol. The zero-order valence-corrected chi connectivity index (χ0v) is 17.2. The summed E-state index contributed by atoms with van der Waals surface area (Å²) >= 11 is 0. The van der Waals surface area contributed by atoms with Gasteiger partial charge in [-0.3, -0.25) is 18.0 Å². The van der Waals surface area contributed by atoms with E-state index in [1.807, 2.05) is 0 Å². The summed E-state index contributed by atoms with van der Waals surface area (Å²) in [6, 6.07) is 0. The van der Waals surface area contributed by atoms with Gasteiger partial charge >= 0.3 is 21.8 Å². The van der Waals surface area contributed by atoms with Crippen LogP contribution in [0.5, 0.6) is 0 Å². The van der Waals surface area contributed by atoms with Crippen molar-refractivity contribution in [3.8, 4) is 11.8 Å². The maximum Gasteiger partial charge on any atom is 0.477 e. The highest BCUT2D eigenvalue weighted by Crippen LogP contribution is 2.51. The predicted molar refractivity (Wildman–Crippen MR) is 99.5 cm³/mol. The maximum absolute atomic E-state index is 12.1. The molecule has 1 aliphatic rings. The SMILES string of the molecule is NCC#Cc1cn(C2CC[C@@H](COP(=O)(O)OPO[PH](=O)O)O2)c(=O)nc1N. The first kappa shape index (κ1) is 23.1. The first-order valence-corrected chi connectivity index (χ1v) is 11.3. The van der Waals surface area contributed by atoms with E-state index in [2.05, 4.69) is 25.4 Å². The normalized spacial score (nSPS) is 22.7. The summed E-state index contributed by atoms with van der Waals surface area (Å²) in [4.78, 5) is 33.7. The van der Waals surface area contributed by atoms with Gasteiger partial charge in [0, 0.05) is 6.20 Å². The Bertz CT molecular complexity index is 883. The molecule has 1 aromatic rings. The zero-order chi connectivity index (χ0) is 20.7. The molecule has 0 aromatic carbocycles. The lowest BCUT2D eigenvalue weighted by atomic mass is 10.2. The molecule has 5 atom stereocenters. The van der Waals surface area contributed by atoms with Crippen molar-refractivity contribution in [2.24, 2.45) is 5.73 Å². The minimum Gasteiger partial charge on any atom is -0.382 e. The van der Waals surface area contributed by atoms with E-state index in [-0.39, 0.29) is 19.0 Å². The molecule has 1 saturated heterocycles. The summed E-state index contributed by atoms with van der Waals surface area (Å²) in [5.41, 5.74) is 10.7. The van der Waals surface area contributed by atoms with E-state index in [0.29, 0.717) is 18.4 Å². The minimum atomic E-state index is -4.48. The third-order valence-corrected chi connectivity index (χ3v) is 6.13. The van der Waals surface area contributed by atoms with Gasteiger partial charge in [0.2, 0.25) is 0 Å². The summed E-state index contributed by atoms with van der Waals surface area (Å²) in [5, 5.41) is 0. The minimum absolute atomic E-state index is 0.0213. The second kappa shape index (κ2) is 10.6. The van der Waals surface area contributed by atoms with Crippen LogP contribution in [0, 0.1) is 11.8 Å². The van der Waals surface area contributed by atoms with Crippen LogP contribution in [-0.4, -0.2) is 38.6 Å². The van der Waals surface area contributed by atoms with Crippen molar-refractivity contribution in [2.75, 3.05) is 18.9 Å². The van der Waals surface area contributed by atoms with Crippen molar-refractivity contribution in [3.05, 3.63) is 22.2 Å². The third kappa shape index (κ3) is 7.03. The first-order valence-electron chi connectivity index (χ1n) is 7.75. The number of nitrogen functional groups attached to an aromatic ring is 1. The van der Waals surface area contributed by atoms with Crippen LogP contribution in [0.15, 0.2) is 11.0 Å². The fourth-order valence-electron chi connectivity index (χ4n) is 2.25. The lowest BCUT2D eigenvalue weighted by Crippen LogP contribution is -2.29. The van der Waals surface area contributed by atoms with Gasteiger partial charge in [-0.15, -0.1) is 0 Å². The van der Waals surface area contributed by atoms with Crippen LogP contribution in [0.2, 0.25) is 0 Å². The van der Waals surface area contributed by atoms with Gasteiger partial charge < -0.3 is 26.0 Å². The number of ether oxygens (including phenoxy) is 1. The number of anilines is 1. The molecule has 1 aliphatic heterocycles. The molecule has 0 radical (unpaired) electrons. The van der Waals surface area contributed by atoms with Crippen LogP contribution in [0.3, 0.4) is 0 Å². The number of aromatic nitrogens is 2. The molecule has 13 nitrogen and oxygen atoms in total. The molecule has 0 amide bonds. The summed E-state index contributed by atoms with van der Waals surface area (Å²) in [6.45, 7) is -0.192. The lowest BCUT2D eigenvalue weighted by molar-refractivity contribution is -0.0237. The highest BCUT2D eigenvalue weighted by Gasteiger charge is 2.31. The summed E-state index contributed by atoms with van der Waals surface area (Å²) < 4.78 is 42.2. The molecule has 6 N–H and O–H groups in total. The van der Waals surface area contributed by atoms with Crippen LogP contribution in [-0.2, 0) is 27.0 Å². The van der Waals surface area contributed by atoms with Crippen molar-refractivity contribution in [3.63, 3.8) is 0 Å². The van der Waals surface area contributed by atoms with Crippen LogP contribution in [0.1, 0.15) is 24.6 Å². The van der Waals surface area contributed by atoms with Gasteiger partial charge in [0.15, 0.2) is 9.03 Å². The number of hydrogen-bond acceptors (Lipinski definition) is 10. The summed E-state index contributed by atoms with van der Waals surface area (Å²) in [6.07, 6.45) is 0.970. The smallest absolute Gasteiger partial charge is 0.382 e. The Morgan fingerprint density at radius 1 is 1.54 bits per heavy atom. The second-order valence-corrected chi connectivity index (χ2v) is 8.77. The van der Waals surface area contributed by atoms with Gasteiger partial charge in [0.25, 0.3) is 0 Å². The van der Waals surface area contributed by atoms with Gasteiger partial charge in [-0.05, 0) is 12.8 Å². The topological polar surface area (TPSA) is 198 Å². The van der Waals surface area contributed by atoms with Gasteiger partial charge in [-0.25, -0.2) is 13.7 Å². The Hall–Kier alpha value is -1.15. The largest absolute Gasteiger partial charge is 0.477 e. The van der Waals surface area contributed by atoms with Crippen molar-refractivity contribution in [1.29, 1.82) is 0 Å². The number of nitrogens with two attached hydrogens (primary N) is 2. The molecule has 156 valence electrons. The quantitative estimate of drug-likeness (QED) is 0.299. The molecule has 0 aliphatic carbocycles. The number of hydrogen-bond donors (Lipinski definition) is 4. The standard InChI is InChI=1S/C12H19N4O9P3/c13-5-1-2-8-6-16(12(17)15-11(8)14)10-4-3-9(23-10)7-22-28(20,21)25-26-24-27(18)19/h6,9-10,26-27H,3-5,7,13H2,(H,18,19)(H,20,21)(H2,14,15,17)/t9-,10?/m0/s1. The van der Waals surface area contributed by atoms with Crippen LogP contribution >= 0.6 is 25.1 Å². The average Bonchev–Trinajstić information content (AvgIpc) is 3.08.